The second kappa shape index (κ2) is 15.2. The summed E-state index contributed by atoms with van der Waals surface area (Å²) in [5.41, 5.74) is 2.28. The lowest BCUT2D eigenvalue weighted by Crippen LogP contribution is -2.41. The Morgan fingerprint density at radius 3 is 2.41 bits per heavy atom. The van der Waals surface area contributed by atoms with Gasteiger partial charge in [0.15, 0.2) is 5.96 Å². The summed E-state index contributed by atoms with van der Waals surface area (Å²) in [6.07, 6.45) is 1.05. The van der Waals surface area contributed by atoms with Gasteiger partial charge in [0, 0.05) is 59.2 Å². The number of ether oxygens (including phenoxy) is 2. The normalized spacial score (nSPS) is 11.7. The summed E-state index contributed by atoms with van der Waals surface area (Å²) in [6, 6.07) is 8.36. The first-order valence-electron chi connectivity index (χ1n) is 9.71. The number of benzene rings is 1. The van der Waals surface area contributed by atoms with Gasteiger partial charge in [-0.1, -0.05) is 12.1 Å². The number of likely N-dealkylation sites (N-methyl/N-ethyl adjacent to an activating group) is 1. The van der Waals surface area contributed by atoms with E-state index in [4.69, 9.17) is 9.47 Å². The average molecular weight is 380 g/mol. The van der Waals surface area contributed by atoms with Gasteiger partial charge in [0.2, 0.25) is 0 Å². The first-order valence-corrected chi connectivity index (χ1v) is 9.71. The second-order valence-electron chi connectivity index (χ2n) is 6.39. The van der Waals surface area contributed by atoms with Gasteiger partial charge in [0.25, 0.3) is 0 Å². The number of nitrogens with one attached hydrogen (secondary N) is 3. The minimum Gasteiger partial charge on any atom is -0.385 e. The highest BCUT2D eigenvalue weighted by molar-refractivity contribution is 5.79. The second-order valence-corrected chi connectivity index (χ2v) is 6.39. The lowest BCUT2D eigenvalue weighted by Gasteiger charge is -2.18. The maximum absolute atomic E-state index is 5.09. The van der Waals surface area contributed by atoms with Crippen molar-refractivity contribution in [3.05, 3.63) is 29.8 Å². The summed E-state index contributed by atoms with van der Waals surface area (Å²) in [5.74, 6) is 0.852. The Bertz CT molecular complexity index is 508. The number of guanidine groups is 1. The number of nitrogens with zero attached hydrogens (tertiary/aromatic N) is 2. The molecule has 0 fully saturated rings. The number of rotatable bonds is 14. The molecule has 7 heteroatoms. The number of hydrogen-bond donors (Lipinski definition) is 3. The molecule has 0 saturated carbocycles. The highest BCUT2D eigenvalue weighted by Crippen LogP contribution is 2.10. The zero-order chi connectivity index (χ0) is 19.7. The van der Waals surface area contributed by atoms with Crippen LogP contribution in [0.2, 0.25) is 0 Å². The van der Waals surface area contributed by atoms with Crippen LogP contribution in [0.5, 0.6) is 0 Å². The van der Waals surface area contributed by atoms with E-state index in [9.17, 15) is 0 Å². The van der Waals surface area contributed by atoms with Crippen LogP contribution in [0.4, 0.5) is 5.69 Å². The van der Waals surface area contributed by atoms with Crippen LogP contribution in [0.1, 0.15) is 18.9 Å². The van der Waals surface area contributed by atoms with E-state index in [2.05, 4.69) is 64.1 Å². The molecule has 0 radical (unpaired) electrons. The molecule has 0 aliphatic heterocycles. The Morgan fingerprint density at radius 2 is 1.74 bits per heavy atom. The van der Waals surface area contributed by atoms with Crippen LogP contribution in [-0.2, 0) is 16.0 Å². The van der Waals surface area contributed by atoms with E-state index >= 15 is 0 Å². The van der Waals surface area contributed by atoms with Gasteiger partial charge in [0.05, 0.1) is 13.2 Å². The molecule has 0 spiro atoms. The van der Waals surface area contributed by atoms with Crippen LogP contribution >= 0.6 is 0 Å². The smallest absolute Gasteiger partial charge is 0.191 e. The molecule has 1 aromatic carbocycles. The summed E-state index contributed by atoms with van der Waals surface area (Å²) < 4.78 is 10.1. The fourth-order valence-electron chi connectivity index (χ4n) is 2.49. The van der Waals surface area contributed by atoms with Gasteiger partial charge < -0.3 is 30.3 Å². The molecule has 0 aromatic heterocycles. The Morgan fingerprint density at radius 1 is 1.00 bits per heavy atom. The van der Waals surface area contributed by atoms with E-state index < -0.39 is 0 Å². The predicted octanol–water partition coefficient (Wildman–Crippen LogP) is 1.77. The zero-order valence-corrected chi connectivity index (χ0v) is 17.4. The first kappa shape index (κ1) is 23.2. The van der Waals surface area contributed by atoms with Crippen LogP contribution in [-0.4, -0.2) is 78.1 Å². The van der Waals surface area contributed by atoms with Crippen molar-refractivity contribution in [3.8, 4) is 0 Å². The van der Waals surface area contributed by atoms with Gasteiger partial charge >= 0.3 is 0 Å². The van der Waals surface area contributed by atoms with Crippen molar-refractivity contribution in [3.63, 3.8) is 0 Å². The quantitative estimate of drug-likeness (QED) is 0.260. The van der Waals surface area contributed by atoms with Crippen LogP contribution in [0.25, 0.3) is 0 Å². The van der Waals surface area contributed by atoms with Gasteiger partial charge in [-0.25, -0.2) is 4.99 Å². The highest BCUT2D eigenvalue weighted by atomic mass is 16.5. The van der Waals surface area contributed by atoms with E-state index in [-0.39, 0.29) is 0 Å². The minimum absolute atomic E-state index is 0.650. The third-order valence-electron chi connectivity index (χ3n) is 4.03. The van der Waals surface area contributed by atoms with Gasteiger partial charge in [-0.3, -0.25) is 0 Å². The minimum atomic E-state index is 0.650. The van der Waals surface area contributed by atoms with Crippen LogP contribution in [0.3, 0.4) is 0 Å². The van der Waals surface area contributed by atoms with E-state index in [0.29, 0.717) is 13.2 Å². The number of hydrogen-bond acceptors (Lipinski definition) is 5. The van der Waals surface area contributed by atoms with Crippen LogP contribution < -0.4 is 16.0 Å². The third-order valence-corrected chi connectivity index (χ3v) is 4.03. The molecule has 0 amide bonds. The SMILES string of the molecule is CCNC(=NCc1ccc(NCCOC)cc1)NCCN(C)CCCOC. The highest BCUT2D eigenvalue weighted by Gasteiger charge is 2.01. The van der Waals surface area contributed by atoms with E-state index in [1.807, 2.05) is 0 Å². The molecule has 0 saturated heterocycles. The molecule has 0 unspecified atom stereocenters. The first-order chi connectivity index (χ1) is 13.2. The number of aliphatic imine (C=N–C) groups is 1. The van der Waals surface area contributed by atoms with Gasteiger partial charge in [-0.05, 0) is 38.1 Å². The molecule has 1 rings (SSSR count). The summed E-state index contributed by atoms with van der Waals surface area (Å²) in [4.78, 5) is 6.97. The molecular weight excluding hydrogens is 342 g/mol. The molecule has 7 nitrogen and oxygen atoms in total. The third kappa shape index (κ3) is 11.5. The van der Waals surface area contributed by atoms with Crippen molar-refractivity contribution in [2.45, 2.75) is 19.9 Å². The molecule has 27 heavy (non-hydrogen) atoms. The number of methoxy groups -OCH3 is 2. The predicted molar refractivity (Wildman–Crippen MR) is 114 cm³/mol. The lowest BCUT2D eigenvalue weighted by atomic mass is 10.2. The molecule has 0 aliphatic carbocycles. The zero-order valence-electron chi connectivity index (χ0n) is 17.4. The summed E-state index contributed by atoms with van der Waals surface area (Å²) in [5, 5.41) is 10.0. The molecule has 3 N–H and O–H groups in total. The topological polar surface area (TPSA) is 70.2 Å². The van der Waals surface area contributed by atoms with Crippen LogP contribution in [0, 0.1) is 0 Å². The molecule has 0 heterocycles. The Kier molecular flexibility index (Phi) is 13.1. The molecule has 0 bridgehead atoms. The molecular formula is C20H37N5O2. The van der Waals surface area contributed by atoms with Crippen molar-refractivity contribution < 1.29 is 9.47 Å². The lowest BCUT2D eigenvalue weighted by molar-refractivity contribution is 0.180. The van der Waals surface area contributed by atoms with Gasteiger partial charge in [-0.15, -0.1) is 0 Å². The Labute approximate surface area is 164 Å². The van der Waals surface area contributed by atoms with Crippen molar-refractivity contribution in [2.75, 3.05) is 72.5 Å². The molecule has 1 aromatic rings. The monoisotopic (exact) mass is 379 g/mol. The average Bonchev–Trinajstić information content (AvgIpc) is 2.67. The maximum atomic E-state index is 5.09. The summed E-state index contributed by atoms with van der Waals surface area (Å²) in [7, 11) is 5.58. The Hall–Kier alpha value is -1.83. The van der Waals surface area contributed by atoms with E-state index in [0.717, 1.165) is 57.4 Å². The van der Waals surface area contributed by atoms with Gasteiger partial charge in [-0.2, -0.15) is 0 Å². The molecule has 0 atom stereocenters. The van der Waals surface area contributed by atoms with E-state index in [1.54, 1.807) is 14.2 Å². The Balaban J connectivity index is 2.39. The largest absolute Gasteiger partial charge is 0.385 e. The molecule has 154 valence electrons. The van der Waals surface area contributed by atoms with Crippen molar-refractivity contribution >= 4 is 11.6 Å². The van der Waals surface area contributed by atoms with Crippen LogP contribution in [0.15, 0.2) is 29.3 Å². The van der Waals surface area contributed by atoms with Crippen molar-refractivity contribution in [2.24, 2.45) is 4.99 Å². The van der Waals surface area contributed by atoms with Crippen molar-refractivity contribution in [1.29, 1.82) is 0 Å². The standard InChI is InChI=1S/C20H37N5O2/c1-5-21-20(23-11-14-25(2)13-6-15-26-3)24-17-18-7-9-19(10-8-18)22-12-16-27-4/h7-10,22H,5-6,11-17H2,1-4H3,(H2,21,23,24). The number of anilines is 1. The summed E-state index contributed by atoms with van der Waals surface area (Å²) in [6.45, 7) is 8.75. The van der Waals surface area contributed by atoms with Crippen molar-refractivity contribution in [1.82, 2.24) is 15.5 Å². The molecule has 0 aliphatic rings. The van der Waals surface area contributed by atoms with E-state index in [1.165, 1.54) is 5.56 Å². The summed E-state index contributed by atoms with van der Waals surface area (Å²) >= 11 is 0. The fraction of sp³-hybridized carbons (Fsp3) is 0.650. The maximum Gasteiger partial charge on any atom is 0.191 e. The van der Waals surface area contributed by atoms with Gasteiger partial charge in [0.1, 0.15) is 0 Å². The fourth-order valence-corrected chi connectivity index (χ4v) is 2.49.